The van der Waals surface area contributed by atoms with Gasteiger partial charge in [-0.25, -0.2) is 0 Å². The van der Waals surface area contributed by atoms with Crippen molar-refractivity contribution in [1.29, 1.82) is 0 Å². The van der Waals surface area contributed by atoms with E-state index in [2.05, 4.69) is 16.0 Å². The topological polar surface area (TPSA) is 68.4 Å². The Bertz CT molecular complexity index is 1300. The fourth-order valence-electron chi connectivity index (χ4n) is 4.50. The Kier molecular flexibility index (Phi) is 6.37. The summed E-state index contributed by atoms with van der Waals surface area (Å²) in [6, 6.07) is 19.2. The predicted molar refractivity (Wildman–Crippen MR) is 128 cm³/mol. The molecule has 3 heterocycles. The number of hydrogen-bond donors (Lipinski definition) is 2. The molecule has 2 N–H and O–H groups in total. The first-order valence-corrected chi connectivity index (χ1v) is 10.5. The Morgan fingerprint density at radius 2 is 1.94 bits per heavy atom. The lowest BCUT2D eigenvalue weighted by molar-refractivity contribution is 0.235. The first kappa shape index (κ1) is 22.1. The highest BCUT2D eigenvalue weighted by Gasteiger charge is 2.25. The molecule has 0 bridgehead atoms. The van der Waals surface area contributed by atoms with Crippen LogP contribution in [-0.4, -0.2) is 27.4 Å². The molecule has 0 amide bonds. The first-order chi connectivity index (χ1) is 15.2. The van der Waals surface area contributed by atoms with Gasteiger partial charge in [0, 0.05) is 30.4 Å². The highest BCUT2D eigenvalue weighted by Crippen LogP contribution is 2.33. The summed E-state index contributed by atoms with van der Waals surface area (Å²) in [5.41, 5.74) is 5.18. The van der Waals surface area contributed by atoms with Gasteiger partial charge in [0.15, 0.2) is 0 Å². The molecule has 5 rings (SSSR count). The largest absolute Gasteiger partial charge is 0.489 e. The molecule has 0 fully saturated rings. The van der Waals surface area contributed by atoms with Crippen molar-refractivity contribution in [2.24, 2.45) is 7.05 Å². The minimum absolute atomic E-state index is 0. The zero-order valence-electron chi connectivity index (χ0n) is 17.8. The van der Waals surface area contributed by atoms with Crippen molar-refractivity contribution in [3.8, 4) is 11.4 Å². The van der Waals surface area contributed by atoms with Gasteiger partial charge in [-0.2, -0.15) is 0 Å². The van der Waals surface area contributed by atoms with Gasteiger partial charge in [-0.05, 0) is 42.3 Å². The Morgan fingerprint density at radius 1 is 1.12 bits per heavy atom. The van der Waals surface area contributed by atoms with Gasteiger partial charge in [0.1, 0.15) is 12.4 Å². The number of pyridine rings is 1. The molecule has 0 radical (unpaired) electrons. The molecule has 1 unspecified atom stereocenters. The average molecular weight is 452 g/mol. The highest BCUT2D eigenvalue weighted by molar-refractivity contribution is 5.87. The van der Waals surface area contributed by atoms with Gasteiger partial charge in [0.05, 0.1) is 23.9 Å². The standard InChI is InChI=1S/C25H25N3O3.ClH/c1-27-23-13-18(7-8-20(23)21-9-11-26-22(15-29)25(21)27)28-12-10-19(14-24(28)30)31-16-17-5-3-2-4-6-17;/h2-8,10,12-14,22,26,29H,9,11,15-16H2,1H3;1H. The smallest absolute Gasteiger partial charge is 0.258 e. The van der Waals surface area contributed by atoms with Gasteiger partial charge < -0.3 is 19.7 Å². The van der Waals surface area contributed by atoms with Crippen molar-refractivity contribution < 1.29 is 9.84 Å². The molecular formula is C25H26ClN3O3. The minimum atomic E-state index is -0.140. The van der Waals surface area contributed by atoms with Gasteiger partial charge in [-0.3, -0.25) is 9.36 Å². The van der Waals surface area contributed by atoms with Crippen molar-refractivity contribution >= 4 is 23.3 Å². The van der Waals surface area contributed by atoms with Gasteiger partial charge in [-0.15, -0.1) is 12.4 Å². The third-order valence-electron chi connectivity index (χ3n) is 6.03. The molecule has 0 aliphatic carbocycles. The quantitative estimate of drug-likeness (QED) is 0.487. The molecular weight excluding hydrogens is 426 g/mol. The van der Waals surface area contributed by atoms with E-state index in [0.717, 1.165) is 35.4 Å². The van der Waals surface area contributed by atoms with Gasteiger partial charge in [0.25, 0.3) is 5.56 Å². The maximum Gasteiger partial charge on any atom is 0.258 e. The van der Waals surface area contributed by atoms with Crippen LogP contribution in [0.3, 0.4) is 0 Å². The summed E-state index contributed by atoms with van der Waals surface area (Å²) in [5, 5.41) is 14.3. The van der Waals surface area contributed by atoms with Crippen LogP contribution in [0.15, 0.2) is 71.7 Å². The molecule has 0 saturated carbocycles. The molecule has 2 aromatic carbocycles. The number of aromatic nitrogens is 2. The lowest BCUT2D eigenvalue weighted by Crippen LogP contribution is -2.33. The van der Waals surface area contributed by atoms with E-state index in [1.54, 1.807) is 10.8 Å². The summed E-state index contributed by atoms with van der Waals surface area (Å²) in [7, 11) is 2.02. The van der Waals surface area contributed by atoms with E-state index >= 15 is 0 Å². The summed E-state index contributed by atoms with van der Waals surface area (Å²) < 4.78 is 9.54. The van der Waals surface area contributed by atoms with Crippen molar-refractivity contribution in [2.75, 3.05) is 13.2 Å². The van der Waals surface area contributed by atoms with Gasteiger partial charge >= 0.3 is 0 Å². The van der Waals surface area contributed by atoms with Crippen LogP contribution in [0.25, 0.3) is 16.6 Å². The third-order valence-corrected chi connectivity index (χ3v) is 6.03. The van der Waals surface area contributed by atoms with Crippen molar-refractivity contribution in [3.63, 3.8) is 0 Å². The molecule has 166 valence electrons. The van der Waals surface area contributed by atoms with Crippen LogP contribution < -0.4 is 15.6 Å². The van der Waals surface area contributed by atoms with Crippen LogP contribution in [0.5, 0.6) is 5.75 Å². The molecule has 1 atom stereocenters. The minimum Gasteiger partial charge on any atom is -0.489 e. The van der Waals surface area contributed by atoms with Crippen LogP contribution in [0.4, 0.5) is 0 Å². The molecule has 0 saturated heterocycles. The predicted octanol–water partition coefficient (Wildman–Crippen LogP) is 3.51. The number of hydrogen-bond acceptors (Lipinski definition) is 4. The normalized spacial score (nSPS) is 15.2. The highest BCUT2D eigenvalue weighted by atomic mass is 35.5. The van der Waals surface area contributed by atoms with Crippen LogP contribution in [0.2, 0.25) is 0 Å². The van der Waals surface area contributed by atoms with E-state index in [4.69, 9.17) is 4.74 Å². The Labute approximate surface area is 192 Å². The zero-order valence-corrected chi connectivity index (χ0v) is 18.6. The van der Waals surface area contributed by atoms with Gasteiger partial charge in [-0.1, -0.05) is 36.4 Å². The Morgan fingerprint density at radius 3 is 2.69 bits per heavy atom. The summed E-state index contributed by atoms with van der Waals surface area (Å²) in [6.07, 6.45) is 2.68. The van der Waals surface area contributed by atoms with E-state index in [-0.39, 0.29) is 30.6 Å². The number of rotatable bonds is 5. The van der Waals surface area contributed by atoms with E-state index in [1.165, 1.54) is 17.0 Å². The monoisotopic (exact) mass is 451 g/mol. The molecule has 4 aromatic rings. The summed E-state index contributed by atoms with van der Waals surface area (Å²) in [6.45, 7) is 1.34. The van der Waals surface area contributed by atoms with Crippen molar-refractivity contribution in [3.05, 3.63) is 94.0 Å². The molecule has 2 aromatic heterocycles. The summed E-state index contributed by atoms with van der Waals surface area (Å²) >= 11 is 0. The van der Waals surface area contributed by atoms with Crippen LogP contribution >= 0.6 is 12.4 Å². The molecule has 1 aliphatic rings. The fraction of sp³-hybridized carbons (Fsp3) is 0.240. The Hall–Kier alpha value is -3.06. The average Bonchev–Trinajstić information content (AvgIpc) is 3.10. The van der Waals surface area contributed by atoms with E-state index in [0.29, 0.717) is 12.4 Å². The number of aliphatic hydroxyl groups excluding tert-OH is 1. The fourth-order valence-corrected chi connectivity index (χ4v) is 4.50. The lowest BCUT2D eigenvalue weighted by Gasteiger charge is -2.24. The van der Waals surface area contributed by atoms with E-state index < -0.39 is 0 Å². The zero-order chi connectivity index (χ0) is 21.4. The molecule has 32 heavy (non-hydrogen) atoms. The Balaban J connectivity index is 0.00000245. The third kappa shape index (κ3) is 3.93. The number of benzene rings is 2. The second kappa shape index (κ2) is 9.20. The van der Waals surface area contributed by atoms with Crippen LogP contribution in [0, 0.1) is 0 Å². The van der Waals surface area contributed by atoms with Gasteiger partial charge in [0.2, 0.25) is 0 Å². The van der Waals surface area contributed by atoms with Crippen LogP contribution in [-0.2, 0) is 20.1 Å². The number of aryl methyl sites for hydroxylation is 1. The van der Waals surface area contributed by atoms with Crippen molar-refractivity contribution in [1.82, 2.24) is 14.5 Å². The SMILES string of the molecule is Cl.Cn1c2c(c3ccc(-n4ccc(OCc5ccccc5)cc4=O)cc31)CCNC2CO. The molecule has 7 heteroatoms. The van der Waals surface area contributed by atoms with Crippen LogP contribution in [0.1, 0.15) is 22.9 Å². The summed E-state index contributed by atoms with van der Waals surface area (Å²) in [4.78, 5) is 12.8. The number of nitrogens with one attached hydrogen (secondary N) is 1. The number of halogens is 1. The first-order valence-electron chi connectivity index (χ1n) is 10.5. The number of aliphatic hydroxyl groups is 1. The maximum absolute atomic E-state index is 12.8. The maximum atomic E-state index is 12.8. The molecule has 0 spiro atoms. The lowest BCUT2D eigenvalue weighted by atomic mass is 9.99. The van der Waals surface area contributed by atoms with Crippen molar-refractivity contribution in [2.45, 2.75) is 19.1 Å². The number of fused-ring (bicyclic) bond motifs is 3. The van der Waals surface area contributed by atoms with E-state index in [1.807, 2.05) is 55.6 Å². The second-order valence-electron chi connectivity index (χ2n) is 7.91. The van der Waals surface area contributed by atoms with E-state index in [9.17, 15) is 9.90 Å². The number of nitrogens with zero attached hydrogens (tertiary/aromatic N) is 2. The number of ether oxygens (including phenoxy) is 1. The molecule has 1 aliphatic heterocycles. The molecule has 6 nitrogen and oxygen atoms in total. The summed E-state index contributed by atoms with van der Waals surface area (Å²) in [5.74, 6) is 0.553. The second-order valence-corrected chi connectivity index (χ2v) is 7.91.